The van der Waals surface area contributed by atoms with Crippen molar-refractivity contribution in [2.45, 2.75) is 51.4 Å². The summed E-state index contributed by atoms with van der Waals surface area (Å²) in [7, 11) is 0. The molecule has 2 saturated heterocycles. The maximum Gasteiger partial charge on any atom is 0.242 e. The molecule has 202 valence electrons. The third-order valence-corrected chi connectivity index (χ3v) is 8.64. The van der Waals surface area contributed by atoms with Crippen LogP contribution in [0.1, 0.15) is 37.5 Å². The van der Waals surface area contributed by atoms with Crippen molar-refractivity contribution in [2.75, 3.05) is 49.1 Å². The Kier molecular flexibility index (Phi) is 6.44. The molecule has 1 amide bonds. The Hall–Kier alpha value is -3.67. The largest absolute Gasteiger partial charge is 0.368 e. The first-order valence-corrected chi connectivity index (χ1v) is 14.0. The third-order valence-electron chi connectivity index (χ3n) is 8.64. The SMILES string of the molecule is C[C@@H]1CN(c2ccc(C#N)c3ncccc23)C[C@@H]2Cc3cc(N4CCN(C(=O)C(C)(C)N)CC4)ccc3CN21. The Balaban J connectivity index is 1.20. The van der Waals surface area contributed by atoms with E-state index in [4.69, 9.17) is 5.73 Å². The van der Waals surface area contributed by atoms with E-state index in [-0.39, 0.29) is 5.91 Å². The molecular formula is C31H37N7O. The van der Waals surface area contributed by atoms with Gasteiger partial charge in [-0.05, 0) is 74.7 Å². The molecule has 4 heterocycles. The molecule has 2 fully saturated rings. The van der Waals surface area contributed by atoms with Crippen LogP contribution >= 0.6 is 0 Å². The van der Waals surface area contributed by atoms with Gasteiger partial charge in [0, 0.05) is 80.9 Å². The summed E-state index contributed by atoms with van der Waals surface area (Å²) >= 11 is 0. The Morgan fingerprint density at radius 2 is 1.85 bits per heavy atom. The van der Waals surface area contributed by atoms with Gasteiger partial charge in [-0.2, -0.15) is 5.26 Å². The first-order valence-electron chi connectivity index (χ1n) is 14.0. The van der Waals surface area contributed by atoms with Gasteiger partial charge in [0.1, 0.15) is 6.07 Å². The molecule has 0 spiro atoms. The van der Waals surface area contributed by atoms with Gasteiger partial charge in [0.05, 0.1) is 16.6 Å². The monoisotopic (exact) mass is 523 g/mol. The number of anilines is 2. The predicted octanol–water partition coefficient (Wildman–Crippen LogP) is 3.13. The summed E-state index contributed by atoms with van der Waals surface area (Å²) in [4.78, 5) is 26.6. The molecule has 8 nitrogen and oxygen atoms in total. The summed E-state index contributed by atoms with van der Waals surface area (Å²) in [5.74, 6) is 0.0227. The van der Waals surface area contributed by atoms with E-state index < -0.39 is 5.54 Å². The molecule has 8 heteroatoms. The molecule has 0 bridgehead atoms. The second-order valence-corrected chi connectivity index (χ2v) is 11.9. The fraction of sp³-hybridized carbons (Fsp3) is 0.452. The van der Waals surface area contributed by atoms with Gasteiger partial charge >= 0.3 is 0 Å². The molecule has 0 aliphatic carbocycles. The lowest BCUT2D eigenvalue weighted by Gasteiger charge is -2.49. The highest BCUT2D eigenvalue weighted by Crippen LogP contribution is 2.35. The zero-order valence-electron chi connectivity index (χ0n) is 23.1. The van der Waals surface area contributed by atoms with Gasteiger partial charge in [0.25, 0.3) is 0 Å². The zero-order chi connectivity index (χ0) is 27.3. The van der Waals surface area contributed by atoms with E-state index in [0.717, 1.165) is 55.7 Å². The lowest BCUT2D eigenvalue weighted by atomic mass is 9.89. The summed E-state index contributed by atoms with van der Waals surface area (Å²) in [6.07, 6.45) is 2.77. The number of carbonyl (C=O) groups is 1. The maximum atomic E-state index is 12.6. The van der Waals surface area contributed by atoms with Gasteiger partial charge < -0.3 is 20.4 Å². The van der Waals surface area contributed by atoms with Gasteiger partial charge in [-0.25, -0.2) is 0 Å². The van der Waals surface area contributed by atoms with Crippen LogP contribution in [0.15, 0.2) is 48.7 Å². The average molecular weight is 524 g/mol. The average Bonchev–Trinajstić information content (AvgIpc) is 2.94. The normalized spacial score (nSPS) is 21.9. The number of amides is 1. The molecule has 3 aromatic rings. The van der Waals surface area contributed by atoms with Crippen LogP contribution in [0.3, 0.4) is 0 Å². The standard InChI is InChI=1S/C31H37N7O/c1-21-18-37(28-9-7-22(17-32)29-27(28)5-4-10-34-29)20-26-16-24-15-25(8-6-23(24)19-38(21)26)35-11-13-36(14-12-35)30(39)31(2,3)33/h4-10,15,21,26H,11-14,16,18-20,33H2,1-3H3/t21-,26+/m1/s1. The fourth-order valence-corrected chi connectivity index (χ4v) is 6.58. The van der Waals surface area contributed by atoms with Crippen molar-refractivity contribution in [3.05, 3.63) is 65.4 Å². The molecule has 3 aliphatic heterocycles. The zero-order valence-corrected chi connectivity index (χ0v) is 23.1. The number of carbonyl (C=O) groups excluding carboxylic acids is 1. The van der Waals surface area contributed by atoms with Crippen molar-refractivity contribution in [2.24, 2.45) is 5.73 Å². The van der Waals surface area contributed by atoms with Crippen LogP contribution in [0.2, 0.25) is 0 Å². The molecule has 3 aliphatic rings. The smallest absolute Gasteiger partial charge is 0.242 e. The molecule has 2 aromatic carbocycles. The van der Waals surface area contributed by atoms with E-state index in [2.05, 4.69) is 63.0 Å². The number of hydrogen-bond donors (Lipinski definition) is 1. The van der Waals surface area contributed by atoms with Crippen molar-refractivity contribution >= 4 is 28.2 Å². The quantitative estimate of drug-likeness (QED) is 0.564. The van der Waals surface area contributed by atoms with Crippen molar-refractivity contribution in [3.63, 3.8) is 0 Å². The number of fused-ring (bicyclic) bond motifs is 3. The van der Waals surface area contributed by atoms with E-state index in [1.165, 1.54) is 16.8 Å². The lowest BCUT2D eigenvalue weighted by molar-refractivity contribution is -0.136. The Morgan fingerprint density at radius 1 is 1.05 bits per heavy atom. The van der Waals surface area contributed by atoms with Gasteiger partial charge in [-0.15, -0.1) is 0 Å². The number of rotatable bonds is 3. The van der Waals surface area contributed by atoms with Crippen LogP contribution in [0.4, 0.5) is 11.4 Å². The summed E-state index contributed by atoms with van der Waals surface area (Å²) in [6.45, 7) is 11.8. The van der Waals surface area contributed by atoms with Crippen molar-refractivity contribution in [3.8, 4) is 6.07 Å². The molecule has 0 radical (unpaired) electrons. The van der Waals surface area contributed by atoms with Crippen molar-refractivity contribution in [1.29, 1.82) is 5.26 Å². The minimum Gasteiger partial charge on any atom is -0.368 e. The summed E-state index contributed by atoms with van der Waals surface area (Å²) in [5.41, 5.74) is 11.9. The molecule has 6 rings (SSSR count). The molecule has 0 saturated carbocycles. The highest BCUT2D eigenvalue weighted by molar-refractivity contribution is 5.95. The molecule has 2 atom stereocenters. The molecular weight excluding hydrogens is 486 g/mol. The van der Waals surface area contributed by atoms with Gasteiger partial charge in [0.15, 0.2) is 0 Å². The number of piperazine rings is 2. The number of benzene rings is 2. The number of hydrogen-bond acceptors (Lipinski definition) is 7. The van der Waals surface area contributed by atoms with Gasteiger partial charge in [-0.3, -0.25) is 14.7 Å². The Labute approximate surface area is 230 Å². The van der Waals surface area contributed by atoms with E-state index in [1.54, 1.807) is 20.0 Å². The highest BCUT2D eigenvalue weighted by atomic mass is 16.2. The summed E-state index contributed by atoms with van der Waals surface area (Å²) in [6, 6.07) is 18.1. The van der Waals surface area contributed by atoms with Crippen LogP contribution in [0.25, 0.3) is 10.9 Å². The van der Waals surface area contributed by atoms with Crippen LogP contribution < -0.4 is 15.5 Å². The molecule has 0 unspecified atom stereocenters. The minimum atomic E-state index is -0.828. The Bertz CT molecular complexity index is 1450. The number of nitriles is 1. The van der Waals surface area contributed by atoms with E-state index in [1.807, 2.05) is 17.0 Å². The predicted molar refractivity (Wildman–Crippen MR) is 155 cm³/mol. The van der Waals surface area contributed by atoms with Gasteiger partial charge in [-0.1, -0.05) is 6.07 Å². The molecule has 1 aromatic heterocycles. The van der Waals surface area contributed by atoms with Gasteiger partial charge in [0.2, 0.25) is 5.91 Å². The van der Waals surface area contributed by atoms with Crippen LogP contribution in [0, 0.1) is 11.3 Å². The summed E-state index contributed by atoms with van der Waals surface area (Å²) in [5, 5.41) is 10.6. The molecule has 39 heavy (non-hydrogen) atoms. The first-order chi connectivity index (χ1) is 18.7. The minimum absolute atomic E-state index is 0.0227. The lowest BCUT2D eigenvalue weighted by Crippen LogP contribution is -2.59. The van der Waals surface area contributed by atoms with Crippen molar-refractivity contribution in [1.82, 2.24) is 14.8 Å². The van der Waals surface area contributed by atoms with Crippen LogP contribution in [-0.4, -0.2) is 77.6 Å². The van der Waals surface area contributed by atoms with Crippen molar-refractivity contribution < 1.29 is 4.79 Å². The highest BCUT2D eigenvalue weighted by Gasteiger charge is 2.37. The fourth-order valence-electron chi connectivity index (χ4n) is 6.58. The van der Waals surface area contributed by atoms with Crippen LogP contribution in [-0.2, 0) is 17.8 Å². The third kappa shape index (κ3) is 4.70. The Morgan fingerprint density at radius 3 is 2.59 bits per heavy atom. The molecule has 2 N–H and O–H groups in total. The number of pyridine rings is 1. The second-order valence-electron chi connectivity index (χ2n) is 11.9. The number of aromatic nitrogens is 1. The number of nitrogens with zero attached hydrogens (tertiary/aromatic N) is 6. The topological polar surface area (TPSA) is 92.7 Å². The van der Waals surface area contributed by atoms with Crippen LogP contribution in [0.5, 0.6) is 0 Å². The van der Waals surface area contributed by atoms with E-state index in [9.17, 15) is 10.1 Å². The number of nitrogens with two attached hydrogens (primary N) is 1. The second kappa shape index (κ2) is 9.82. The maximum absolute atomic E-state index is 12.6. The summed E-state index contributed by atoms with van der Waals surface area (Å²) < 4.78 is 0. The van der Waals surface area contributed by atoms with E-state index in [0.29, 0.717) is 30.7 Å². The van der Waals surface area contributed by atoms with E-state index >= 15 is 0 Å². The first kappa shape index (κ1) is 25.6.